The van der Waals surface area contributed by atoms with Crippen LogP contribution in [0, 0.1) is 0 Å². The molecule has 0 aromatic heterocycles. The van der Waals surface area contributed by atoms with Crippen LogP contribution in [0.2, 0.25) is 0 Å². The maximum Gasteiger partial charge on any atom is 0.472 e. The predicted molar refractivity (Wildman–Crippen MR) is 215 cm³/mol. The number of esters is 1. The molecule has 2 unspecified atom stereocenters. The first-order valence-electron chi connectivity index (χ1n) is 21.7. The average Bonchev–Trinajstić information content (AvgIpc) is 3.12. The summed E-state index contributed by atoms with van der Waals surface area (Å²) in [5, 5.41) is 0. The van der Waals surface area contributed by atoms with E-state index >= 15 is 0 Å². The first kappa shape index (κ1) is 50.2. The van der Waals surface area contributed by atoms with Crippen molar-refractivity contribution in [3.05, 3.63) is 12.2 Å². The number of phosphoric ester groups is 1. The molecule has 0 aliphatic heterocycles. The van der Waals surface area contributed by atoms with Crippen molar-refractivity contribution in [1.29, 1.82) is 0 Å². The van der Waals surface area contributed by atoms with Crippen molar-refractivity contribution in [1.82, 2.24) is 0 Å². The molecule has 0 saturated heterocycles. The summed E-state index contributed by atoms with van der Waals surface area (Å²) in [6, 6.07) is 0. The van der Waals surface area contributed by atoms with Gasteiger partial charge in [-0.15, -0.1) is 0 Å². The normalized spacial score (nSPS) is 13.6. The van der Waals surface area contributed by atoms with E-state index < -0.39 is 13.9 Å². The average molecular weight is 746 g/mol. The molecule has 0 radical (unpaired) electrons. The number of carbonyl (C=O) groups excluding carboxylic acids is 1. The molecule has 2 atom stereocenters. The second kappa shape index (κ2) is 40.4. The molecule has 3 N–H and O–H groups in total. The van der Waals surface area contributed by atoms with Crippen LogP contribution in [0.3, 0.4) is 0 Å². The quantitative estimate of drug-likeness (QED) is 0.0274. The minimum Gasteiger partial charge on any atom is -0.457 e. The predicted octanol–water partition coefficient (Wildman–Crippen LogP) is 12.7. The molecule has 0 spiro atoms. The summed E-state index contributed by atoms with van der Waals surface area (Å²) in [6.07, 6.45) is 42.2. The molecule has 0 aliphatic rings. The minimum atomic E-state index is -4.27. The van der Waals surface area contributed by atoms with Crippen molar-refractivity contribution in [2.24, 2.45) is 5.73 Å². The summed E-state index contributed by atoms with van der Waals surface area (Å²) >= 11 is 0. The van der Waals surface area contributed by atoms with E-state index in [-0.39, 0.29) is 32.3 Å². The fourth-order valence-corrected chi connectivity index (χ4v) is 6.99. The lowest BCUT2D eigenvalue weighted by molar-refractivity contribution is -0.154. The topological polar surface area (TPSA) is 117 Å². The van der Waals surface area contributed by atoms with Gasteiger partial charge in [0.2, 0.25) is 0 Å². The maximum atomic E-state index is 12.6. The molecule has 0 saturated carbocycles. The number of nitrogens with two attached hydrogens (primary N) is 1. The number of allylic oxidation sites excluding steroid dienone is 2. The SMILES string of the molecule is CCCCCCCC/C=C\CCCCCCCCCCOCC(COP(=O)(O)OCCN)OC(=O)CCCCCCCCCCCCCCCC. The van der Waals surface area contributed by atoms with E-state index in [9.17, 15) is 14.3 Å². The van der Waals surface area contributed by atoms with E-state index in [1.807, 2.05) is 0 Å². The molecule has 304 valence electrons. The van der Waals surface area contributed by atoms with E-state index in [4.69, 9.17) is 24.3 Å². The van der Waals surface area contributed by atoms with E-state index in [0.29, 0.717) is 13.0 Å². The Bertz CT molecular complexity index is 797. The summed E-state index contributed by atoms with van der Waals surface area (Å²) < 4.78 is 33.4. The van der Waals surface area contributed by atoms with Crippen molar-refractivity contribution in [3.63, 3.8) is 0 Å². The molecule has 0 aliphatic carbocycles. The van der Waals surface area contributed by atoms with Gasteiger partial charge in [-0.05, 0) is 38.5 Å². The summed E-state index contributed by atoms with van der Waals surface area (Å²) in [6.45, 7) is 4.95. The number of rotatable bonds is 42. The molecule has 0 fully saturated rings. The Hall–Kier alpha value is -0.760. The Kier molecular flexibility index (Phi) is 39.8. The molecule has 8 nitrogen and oxygen atoms in total. The fourth-order valence-electron chi connectivity index (χ4n) is 6.23. The highest BCUT2D eigenvalue weighted by molar-refractivity contribution is 7.47. The van der Waals surface area contributed by atoms with Crippen LogP contribution < -0.4 is 5.73 Å². The van der Waals surface area contributed by atoms with Crippen molar-refractivity contribution in [2.45, 2.75) is 219 Å². The molecule has 0 aromatic rings. The number of unbranched alkanes of at least 4 members (excludes halogenated alkanes) is 27. The van der Waals surface area contributed by atoms with Crippen LogP contribution in [0.25, 0.3) is 0 Å². The summed E-state index contributed by atoms with van der Waals surface area (Å²) in [4.78, 5) is 22.4. The van der Waals surface area contributed by atoms with Gasteiger partial charge in [-0.3, -0.25) is 13.8 Å². The number of ether oxygens (including phenoxy) is 2. The first-order valence-corrected chi connectivity index (χ1v) is 23.2. The van der Waals surface area contributed by atoms with Gasteiger partial charge >= 0.3 is 13.8 Å². The third kappa shape index (κ3) is 40.3. The van der Waals surface area contributed by atoms with Gasteiger partial charge in [0.15, 0.2) is 0 Å². The highest BCUT2D eigenvalue weighted by atomic mass is 31.2. The van der Waals surface area contributed by atoms with Crippen LogP contribution in [-0.4, -0.2) is 49.9 Å². The number of carbonyl (C=O) groups is 1. The molecule has 0 rings (SSSR count). The van der Waals surface area contributed by atoms with Gasteiger partial charge in [-0.2, -0.15) is 0 Å². The number of hydrogen-bond donors (Lipinski definition) is 2. The molecule has 0 aromatic carbocycles. The largest absolute Gasteiger partial charge is 0.472 e. The van der Waals surface area contributed by atoms with Gasteiger partial charge in [-0.1, -0.05) is 180 Å². The van der Waals surface area contributed by atoms with E-state index in [1.165, 1.54) is 161 Å². The highest BCUT2D eigenvalue weighted by Gasteiger charge is 2.25. The Balaban J connectivity index is 3.99. The molecule has 0 bridgehead atoms. The molecular formula is C42H84NO7P. The highest BCUT2D eigenvalue weighted by Crippen LogP contribution is 2.43. The van der Waals surface area contributed by atoms with Crippen LogP contribution in [-0.2, 0) is 27.9 Å². The Morgan fingerprint density at radius 1 is 0.569 bits per heavy atom. The van der Waals surface area contributed by atoms with Crippen LogP contribution in [0.15, 0.2) is 12.2 Å². The monoisotopic (exact) mass is 746 g/mol. The molecule has 0 heterocycles. The van der Waals surface area contributed by atoms with Gasteiger partial charge in [0.25, 0.3) is 0 Å². The lowest BCUT2D eigenvalue weighted by Crippen LogP contribution is -2.28. The van der Waals surface area contributed by atoms with Crippen molar-refractivity contribution >= 4 is 13.8 Å². The molecular weight excluding hydrogens is 661 g/mol. The third-order valence-corrected chi connectivity index (χ3v) is 10.4. The first-order chi connectivity index (χ1) is 24.9. The summed E-state index contributed by atoms with van der Waals surface area (Å²) in [7, 11) is -4.27. The standard InChI is InChI=1S/C42H84NO7P/c1-3-5-7-9-11-13-15-17-19-20-21-22-24-26-28-30-32-34-37-47-39-41(40-49-51(45,46)48-38-36-43)50-42(44)35-33-31-29-27-25-23-18-16-14-12-10-8-6-4-2/h17,19,41H,3-16,18,20-40,43H2,1-2H3,(H,45,46)/b19-17-. The van der Waals surface area contributed by atoms with Gasteiger partial charge < -0.3 is 20.1 Å². The maximum absolute atomic E-state index is 12.6. The molecule has 51 heavy (non-hydrogen) atoms. The van der Waals surface area contributed by atoms with Crippen LogP contribution >= 0.6 is 7.82 Å². The van der Waals surface area contributed by atoms with Gasteiger partial charge in [-0.25, -0.2) is 4.57 Å². The van der Waals surface area contributed by atoms with Crippen molar-refractivity contribution in [3.8, 4) is 0 Å². The van der Waals surface area contributed by atoms with E-state index in [1.54, 1.807) is 0 Å². The van der Waals surface area contributed by atoms with Crippen LogP contribution in [0.4, 0.5) is 0 Å². The Morgan fingerprint density at radius 3 is 1.43 bits per heavy atom. The smallest absolute Gasteiger partial charge is 0.457 e. The summed E-state index contributed by atoms with van der Waals surface area (Å²) in [5.74, 6) is -0.328. The minimum absolute atomic E-state index is 0.0927. The van der Waals surface area contributed by atoms with E-state index in [2.05, 4.69) is 26.0 Å². The van der Waals surface area contributed by atoms with Crippen LogP contribution in [0.1, 0.15) is 213 Å². The number of phosphoric acid groups is 1. The second-order valence-electron chi connectivity index (χ2n) is 14.6. The number of hydrogen-bond acceptors (Lipinski definition) is 7. The second-order valence-corrected chi connectivity index (χ2v) is 16.0. The zero-order chi connectivity index (χ0) is 37.4. The van der Waals surface area contributed by atoms with E-state index in [0.717, 1.165) is 32.1 Å². The fraction of sp³-hybridized carbons (Fsp3) is 0.929. The van der Waals surface area contributed by atoms with Crippen LogP contribution in [0.5, 0.6) is 0 Å². The zero-order valence-electron chi connectivity index (χ0n) is 33.6. The van der Waals surface area contributed by atoms with Gasteiger partial charge in [0.05, 0.1) is 19.8 Å². The molecule has 0 amide bonds. The molecule has 9 heteroatoms. The zero-order valence-corrected chi connectivity index (χ0v) is 34.5. The van der Waals surface area contributed by atoms with Crippen molar-refractivity contribution in [2.75, 3.05) is 33.0 Å². The van der Waals surface area contributed by atoms with Crippen molar-refractivity contribution < 1.29 is 32.8 Å². The lowest BCUT2D eigenvalue weighted by Gasteiger charge is -2.20. The summed E-state index contributed by atoms with van der Waals surface area (Å²) in [5.41, 5.74) is 5.37. The lowest BCUT2D eigenvalue weighted by atomic mass is 10.0. The third-order valence-electron chi connectivity index (χ3n) is 9.43. The van der Waals surface area contributed by atoms with Gasteiger partial charge in [0, 0.05) is 19.6 Å². The Morgan fingerprint density at radius 2 is 0.980 bits per heavy atom. The van der Waals surface area contributed by atoms with Gasteiger partial charge in [0.1, 0.15) is 6.10 Å². The Labute approximate surface area is 315 Å².